The number of esters is 1. The normalized spacial score (nSPS) is 14.4. The fourth-order valence-electron chi connectivity index (χ4n) is 2.24. The number of halogens is 2. The Hall–Kier alpha value is -1.54. The summed E-state index contributed by atoms with van der Waals surface area (Å²) in [5.41, 5.74) is -0.738. The molecule has 0 spiro atoms. The predicted octanol–water partition coefficient (Wildman–Crippen LogP) is 1.11. The molecule has 0 aromatic carbocycles. The lowest BCUT2D eigenvalue weighted by molar-refractivity contribution is 0.0521. The Morgan fingerprint density at radius 1 is 1.48 bits per heavy atom. The summed E-state index contributed by atoms with van der Waals surface area (Å²) in [5, 5.41) is 0. The summed E-state index contributed by atoms with van der Waals surface area (Å²) in [6, 6.07) is 0.703. The summed E-state index contributed by atoms with van der Waals surface area (Å²) in [5.74, 6) is -1.68. The first-order chi connectivity index (χ1) is 10.6. The number of carbonyl (C=O) groups is 1. The van der Waals surface area contributed by atoms with Crippen molar-refractivity contribution in [3.8, 4) is 5.75 Å². The molecule has 0 N–H and O–H groups in total. The molecule has 11 heteroatoms. The van der Waals surface area contributed by atoms with Crippen LogP contribution in [-0.4, -0.2) is 30.6 Å². The maximum Gasteiger partial charge on any atom is 0.390 e. The second-order valence-electron chi connectivity index (χ2n) is 4.74. The van der Waals surface area contributed by atoms with E-state index in [0.29, 0.717) is 25.5 Å². The largest absolute Gasteiger partial charge is 0.462 e. The first-order valence-corrected chi connectivity index (χ1v) is 8.61. The van der Waals surface area contributed by atoms with Crippen molar-refractivity contribution in [2.75, 3.05) is 6.61 Å². The molecular weight excluding hydrogens is 355 g/mol. The van der Waals surface area contributed by atoms with Gasteiger partial charge >= 0.3 is 21.1 Å². The van der Waals surface area contributed by atoms with Gasteiger partial charge in [0, 0.05) is 18.3 Å². The minimum absolute atomic E-state index is 0.0105. The van der Waals surface area contributed by atoms with Crippen LogP contribution in [0.1, 0.15) is 29.4 Å². The molecule has 2 heterocycles. The van der Waals surface area contributed by atoms with E-state index >= 15 is 0 Å². The minimum atomic E-state index is -5.38. The van der Waals surface area contributed by atoms with E-state index in [-0.39, 0.29) is 17.9 Å². The highest BCUT2D eigenvalue weighted by Crippen LogP contribution is 2.34. The van der Waals surface area contributed by atoms with Gasteiger partial charge in [0.1, 0.15) is 5.56 Å². The Bertz CT molecular complexity index is 799. The summed E-state index contributed by atoms with van der Waals surface area (Å²) in [6.07, 6.45) is 0.857. The second-order valence-corrected chi connectivity index (χ2v) is 7.51. The Labute approximate surface area is 132 Å². The van der Waals surface area contributed by atoms with Crippen LogP contribution < -0.4 is 9.74 Å². The summed E-state index contributed by atoms with van der Waals surface area (Å²) >= 11 is 0. The van der Waals surface area contributed by atoms with E-state index in [4.69, 9.17) is 4.74 Å². The highest BCUT2D eigenvalue weighted by atomic mass is 32.2. The number of hydrogen-bond acceptors (Lipinski definition) is 6. The SMILES string of the molecule is CCOC(=O)c1c(OS(=O)(=O)C(F)(F)P)cc(=O)n2c1CCC2. The van der Waals surface area contributed by atoms with Gasteiger partial charge in [-0.3, -0.25) is 4.79 Å². The van der Waals surface area contributed by atoms with Gasteiger partial charge < -0.3 is 13.5 Å². The number of aromatic nitrogens is 1. The first kappa shape index (κ1) is 17.8. The number of rotatable bonds is 5. The number of carbonyl (C=O) groups excluding carboxylic acids is 1. The number of alkyl halides is 2. The lowest BCUT2D eigenvalue weighted by atomic mass is 10.1. The predicted molar refractivity (Wildman–Crippen MR) is 79.2 cm³/mol. The van der Waals surface area contributed by atoms with Crippen LogP contribution in [0.5, 0.6) is 5.75 Å². The monoisotopic (exact) mass is 369 g/mol. The summed E-state index contributed by atoms with van der Waals surface area (Å²) < 4.78 is 59.6. The summed E-state index contributed by atoms with van der Waals surface area (Å²) in [7, 11) is -4.55. The van der Waals surface area contributed by atoms with Crippen molar-refractivity contribution in [1.29, 1.82) is 0 Å². The van der Waals surface area contributed by atoms with Gasteiger partial charge in [-0.05, 0) is 29.0 Å². The van der Waals surface area contributed by atoms with Crippen molar-refractivity contribution < 1.29 is 30.9 Å². The topological polar surface area (TPSA) is 91.7 Å². The van der Waals surface area contributed by atoms with Gasteiger partial charge in [0.2, 0.25) is 0 Å². The smallest absolute Gasteiger partial charge is 0.390 e. The molecule has 1 atom stereocenters. The van der Waals surface area contributed by atoms with Crippen LogP contribution >= 0.6 is 9.24 Å². The van der Waals surface area contributed by atoms with E-state index < -0.39 is 32.4 Å². The van der Waals surface area contributed by atoms with Crippen LogP contribution in [0.2, 0.25) is 0 Å². The fourth-order valence-corrected chi connectivity index (χ4v) is 2.87. The number of fused-ring (bicyclic) bond motifs is 1. The zero-order valence-corrected chi connectivity index (χ0v) is 14.0. The molecule has 1 aliphatic rings. The molecule has 0 radical (unpaired) electrons. The van der Waals surface area contributed by atoms with Gasteiger partial charge in [-0.25, -0.2) is 4.79 Å². The van der Waals surface area contributed by atoms with E-state index in [1.807, 2.05) is 0 Å². The molecule has 0 aliphatic carbocycles. The van der Waals surface area contributed by atoms with Crippen LogP contribution in [0.3, 0.4) is 0 Å². The number of pyridine rings is 1. The van der Waals surface area contributed by atoms with Crippen LogP contribution in [0.15, 0.2) is 10.9 Å². The Morgan fingerprint density at radius 3 is 2.70 bits per heavy atom. The van der Waals surface area contributed by atoms with Gasteiger partial charge in [-0.15, -0.1) is 0 Å². The van der Waals surface area contributed by atoms with Gasteiger partial charge in [0.25, 0.3) is 5.56 Å². The molecular formula is C12H14F2NO6PS. The third kappa shape index (κ3) is 3.37. The molecule has 0 bridgehead atoms. The van der Waals surface area contributed by atoms with Crippen molar-refractivity contribution in [2.45, 2.75) is 31.3 Å². The second kappa shape index (κ2) is 6.16. The zero-order valence-electron chi connectivity index (χ0n) is 12.0. The van der Waals surface area contributed by atoms with Crippen LogP contribution in [0, 0.1) is 0 Å². The quantitative estimate of drug-likeness (QED) is 0.439. The van der Waals surface area contributed by atoms with E-state index in [2.05, 4.69) is 4.18 Å². The zero-order chi connectivity index (χ0) is 17.4. The molecule has 128 valence electrons. The van der Waals surface area contributed by atoms with E-state index in [1.54, 1.807) is 0 Å². The molecule has 1 aromatic heterocycles. The average molecular weight is 369 g/mol. The Balaban J connectivity index is 2.62. The molecule has 1 aliphatic heterocycles. The maximum absolute atomic E-state index is 13.1. The molecule has 1 unspecified atom stereocenters. The van der Waals surface area contributed by atoms with Crippen LogP contribution in [0.4, 0.5) is 8.78 Å². The highest BCUT2D eigenvalue weighted by molar-refractivity contribution is 7.92. The Kier molecular flexibility index (Phi) is 4.77. The molecule has 2 rings (SSSR count). The molecule has 0 fully saturated rings. The molecule has 0 saturated heterocycles. The van der Waals surface area contributed by atoms with Crippen molar-refractivity contribution in [3.63, 3.8) is 0 Å². The van der Waals surface area contributed by atoms with Crippen LogP contribution in [-0.2, 0) is 27.8 Å². The number of hydrogen-bond donors (Lipinski definition) is 0. The first-order valence-electron chi connectivity index (χ1n) is 6.63. The molecule has 23 heavy (non-hydrogen) atoms. The lowest BCUT2D eigenvalue weighted by Crippen LogP contribution is -2.29. The maximum atomic E-state index is 13.1. The number of ether oxygens (including phenoxy) is 1. The van der Waals surface area contributed by atoms with Gasteiger partial charge in [-0.1, -0.05) is 0 Å². The average Bonchev–Trinajstić information content (AvgIpc) is 2.86. The van der Waals surface area contributed by atoms with Crippen molar-refractivity contribution in [2.24, 2.45) is 0 Å². The molecule has 0 saturated carbocycles. The van der Waals surface area contributed by atoms with Crippen molar-refractivity contribution in [1.82, 2.24) is 4.57 Å². The van der Waals surface area contributed by atoms with Crippen molar-refractivity contribution >= 4 is 25.3 Å². The fraction of sp³-hybridized carbons (Fsp3) is 0.500. The van der Waals surface area contributed by atoms with Gasteiger partial charge in [0.15, 0.2) is 5.75 Å². The third-order valence-electron chi connectivity index (χ3n) is 3.19. The molecule has 7 nitrogen and oxygen atoms in total. The van der Waals surface area contributed by atoms with Crippen LogP contribution in [0.25, 0.3) is 0 Å². The van der Waals surface area contributed by atoms with Crippen molar-refractivity contribution in [3.05, 3.63) is 27.7 Å². The van der Waals surface area contributed by atoms with Gasteiger partial charge in [-0.2, -0.15) is 17.2 Å². The lowest BCUT2D eigenvalue weighted by Gasteiger charge is -2.17. The summed E-state index contributed by atoms with van der Waals surface area (Å²) in [6.45, 7) is 1.86. The highest BCUT2D eigenvalue weighted by Gasteiger charge is 2.43. The Morgan fingerprint density at radius 2 is 2.13 bits per heavy atom. The molecule has 1 aromatic rings. The number of nitrogens with zero attached hydrogens (tertiary/aromatic N) is 1. The van der Waals surface area contributed by atoms with Gasteiger partial charge in [0.05, 0.1) is 6.61 Å². The van der Waals surface area contributed by atoms with E-state index in [9.17, 15) is 26.8 Å². The van der Waals surface area contributed by atoms with E-state index in [0.717, 1.165) is 9.24 Å². The third-order valence-corrected chi connectivity index (χ3v) is 5.12. The summed E-state index contributed by atoms with van der Waals surface area (Å²) in [4.78, 5) is 19.7. The molecule has 0 amide bonds. The van der Waals surface area contributed by atoms with E-state index in [1.165, 1.54) is 11.5 Å². The standard InChI is InChI=1S/C12H14F2NO6PS/c1-2-20-11(17)10-7-4-3-5-15(7)9(16)6-8(10)21-23(18,19)12(13,14)22/h6H,2-5,22H2,1H3. The minimum Gasteiger partial charge on any atom is -0.462 e.